The smallest absolute Gasteiger partial charge is 0.255 e. The molecule has 4 heterocycles. The third-order valence-corrected chi connectivity index (χ3v) is 6.47. The molecule has 0 aliphatic carbocycles. The standard InChI is InChI=1S/C21H27N5O2S/c1-14-6-7-22-21(23-14)29-13-19(27)25-9-15-8-17(12-25)18-5-4-16(11-24(2)3)20(28)26(18)10-15/h4-7,15,17H,8-13H2,1-3H3/t15-,17+/m0/s1. The Kier molecular flexibility index (Phi) is 5.74. The average Bonchev–Trinajstić information content (AvgIpc) is 2.68. The quantitative estimate of drug-likeness (QED) is 0.549. The van der Waals surface area contributed by atoms with Gasteiger partial charge in [-0.1, -0.05) is 17.8 Å². The predicted molar refractivity (Wildman–Crippen MR) is 113 cm³/mol. The maximum Gasteiger partial charge on any atom is 0.255 e. The molecule has 2 aromatic heterocycles. The number of carbonyl (C=O) groups excluding carboxylic acids is 1. The molecular formula is C21H27N5O2S. The van der Waals surface area contributed by atoms with Crippen LogP contribution in [-0.2, 0) is 17.9 Å². The SMILES string of the molecule is Cc1ccnc(SCC(=O)N2C[C@@H]3C[C@H](C2)c2ccc(CN(C)C)c(=O)n2C3)n1. The second-order valence-corrected chi connectivity index (χ2v) is 9.25. The maximum atomic E-state index is 12.9. The van der Waals surface area contributed by atoms with Crippen molar-refractivity contribution in [3.63, 3.8) is 0 Å². The fourth-order valence-electron chi connectivity index (χ4n) is 4.37. The normalized spacial score (nSPS) is 20.6. The van der Waals surface area contributed by atoms with Crippen molar-refractivity contribution in [3.05, 3.63) is 51.7 Å². The Balaban J connectivity index is 1.46. The summed E-state index contributed by atoms with van der Waals surface area (Å²) in [7, 11) is 3.95. The van der Waals surface area contributed by atoms with E-state index in [9.17, 15) is 9.59 Å². The van der Waals surface area contributed by atoms with E-state index in [-0.39, 0.29) is 17.4 Å². The number of fused-ring (bicyclic) bond motifs is 4. The number of carbonyl (C=O) groups is 1. The van der Waals surface area contributed by atoms with Gasteiger partial charge in [0.05, 0.1) is 5.75 Å². The van der Waals surface area contributed by atoms with E-state index in [1.54, 1.807) is 6.20 Å². The number of aryl methyl sites for hydroxylation is 1. The lowest BCUT2D eigenvalue weighted by molar-refractivity contribution is -0.131. The highest BCUT2D eigenvalue weighted by molar-refractivity contribution is 7.99. The van der Waals surface area contributed by atoms with Crippen LogP contribution in [-0.4, -0.2) is 63.2 Å². The first kappa shape index (κ1) is 20.1. The first-order valence-corrected chi connectivity index (χ1v) is 11.0. The number of piperidine rings is 1. The van der Waals surface area contributed by atoms with E-state index in [2.05, 4.69) is 16.0 Å². The van der Waals surface area contributed by atoms with Gasteiger partial charge in [0.2, 0.25) is 5.91 Å². The predicted octanol–water partition coefficient (Wildman–Crippen LogP) is 1.75. The Labute approximate surface area is 175 Å². The van der Waals surface area contributed by atoms with E-state index < -0.39 is 0 Å². The second kappa shape index (κ2) is 8.28. The molecule has 1 fully saturated rings. The van der Waals surface area contributed by atoms with Crippen LogP contribution in [0.5, 0.6) is 0 Å². The molecule has 8 heteroatoms. The number of amides is 1. The lowest BCUT2D eigenvalue weighted by Gasteiger charge is -2.43. The zero-order valence-corrected chi connectivity index (χ0v) is 18.0. The minimum atomic E-state index is 0.120. The fraction of sp³-hybridized carbons (Fsp3) is 0.524. The molecule has 2 atom stereocenters. The van der Waals surface area contributed by atoms with Gasteiger partial charge in [-0.3, -0.25) is 9.59 Å². The minimum Gasteiger partial charge on any atom is -0.341 e. The Bertz CT molecular complexity index is 974. The third-order valence-electron chi connectivity index (χ3n) is 5.62. The molecular weight excluding hydrogens is 386 g/mol. The number of pyridine rings is 1. The van der Waals surface area contributed by atoms with Gasteiger partial charge >= 0.3 is 0 Å². The molecule has 0 N–H and O–H groups in total. The van der Waals surface area contributed by atoms with Crippen molar-refractivity contribution < 1.29 is 4.79 Å². The molecule has 2 aliphatic heterocycles. The molecule has 2 aliphatic rings. The van der Waals surface area contributed by atoms with Crippen molar-refractivity contribution in [2.75, 3.05) is 32.9 Å². The summed E-state index contributed by atoms with van der Waals surface area (Å²) in [6.07, 6.45) is 2.77. The van der Waals surface area contributed by atoms with Gasteiger partial charge in [0.1, 0.15) is 0 Å². The van der Waals surface area contributed by atoms with Crippen molar-refractivity contribution in [1.82, 2.24) is 24.3 Å². The van der Waals surface area contributed by atoms with Gasteiger partial charge in [0, 0.05) is 55.2 Å². The van der Waals surface area contributed by atoms with Crippen LogP contribution < -0.4 is 5.56 Å². The highest BCUT2D eigenvalue weighted by Crippen LogP contribution is 2.35. The van der Waals surface area contributed by atoms with E-state index in [1.807, 2.05) is 47.5 Å². The van der Waals surface area contributed by atoms with Crippen LogP contribution in [0.15, 0.2) is 34.3 Å². The van der Waals surface area contributed by atoms with Crippen LogP contribution in [0.1, 0.15) is 29.3 Å². The van der Waals surface area contributed by atoms with Crippen LogP contribution >= 0.6 is 11.8 Å². The largest absolute Gasteiger partial charge is 0.341 e. The van der Waals surface area contributed by atoms with Gasteiger partial charge in [-0.15, -0.1) is 0 Å². The molecule has 4 rings (SSSR count). The summed E-state index contributed by atoms with van der Waals surface area (Å²) in [5.74, 6) is 1.03. The number of aromatic nitrogens is 3. The Morgan fingerprint density at radius 1 is 1.24 bits per heavy atom. The number of hydrogen-bond acceptors (Lipinski definition) is 6. The number of hydrogen-bond donors (Lipinski definition) is 0. The van der Waals surface area contributed by atoms with Crippen molar-refractivity contribution in [3.8, 4) is 0 Å². The molecule has 0 aromatic carbocycles. The average molecular weight is 414 g/mol. The van der Waals surface area contributed by atoms with Gasteiger partial charge in [0.25, 0.3) is 5.56 Å². The highest BCUT2D eigenvalue weighted by Gasteiger charge is 2.36. The number of rotatable bonds is 5. The van der Waals surface area contributed by atoms with E-state index in [0.29, 0.717) is 43.0 Å². The first-order chi connectivity index (χ1) is 13.9. The molecule has 1 amide bonds. The number of likely N-dealkylation sites (tertiary alicyclic amines) is 1. The molecule has 0 radical (unpaired) electrons. The maximum absolute atomic E-state index is 12.9. The summed E-state index contributed by atoms with van der Waals surface area (Å²) in [4.78, 5) is 38.3. The first-order valence-electron chi connectivity index (χ1n) is 9.98. The van der Waals surface area contributed by atoms with Crippen LogP contribution in [0.4, 0.5) is 0 Å². The van der Waals surface area contributed by atoms with Crippen molar-refractivity contribution in [1.29, 1.82) is 0 Å². The molecule has 1 saturated heterocycles. The van der Waals surface area contributed by atoms with E-state index >= 15 is 0 Å². The van der Waals surface area contributed by atoms with Gasteiger partial charge in [-0.25, -0.2) is 9.97 Å². The molecule has 154 valence electrons. The van der Waals surface area contributed by atoms with Crippen molar-refractivity contribution in [2.24, 2.45) is 5.92 Å². The zero-order chi connectivity index (χ0) is 20.5. The summed E-state index contributed by atoms with van der Waals surface area (Å²) in [6, 6.07) is 5.89. The van der Waals surface area contributed by atoms with Gasteiger partial charge < -0.3 is 14.4 Å². The summed E-state index contributed by atoms with van der Waals surface area (Å²) in [6.45, 7) is 4.66. The van der Waals surface area contributed by atoms with Crippen LogP contribution in [0, 0.1) is 12.8 Å². The van der Waals surface area contributed by atoms with Crippen molar-refractivity contribution >= 4 is 17.7 Å². The van der Waals surface area contributed by atoms with E-state index in [4.69, 9.17) is 0 Å². The molecule has 2 aromatic rings. The Morgan fingerprint density at radius 3 is 2.83 bits per heavy atom. The number of nitrogens with zero attached hydrogens (tertiary/aromatic N) is 5. The van der Waals surface area contributed by atoms with Gasteiger partial charge in [-0.2, -0.15) is 0 Å². The lowest BCUT2D eigenvalue weighted by Crippen LogP contribution is -2.50. The summed E-state index contributed by atoms with van der Waals surface area (Å²) < 4.78 is 1.95. The molecule has 7 nitrogen and oxygen atoms in total. The highest BCUT2D eigenvalue weighted by atomic mass is 32.2. The topological polar surface area (TPSA) is 71.3 Å². The van der Waals surface area contributed by atoms with Gasteiger partial charge in [-0.05, 0) is 45.5 Å². The van der Waals surface area contributed by atoms with Gasteiger partial charge in [0.15, 0.2) is 5.16 Å². The summed E-state index contributed by atoms with van der Waals surface area (Å²) >= 11 is 1.39. The summed E-state index contributed by atoms with van der Waals surface area (Å²) in [5, 5.41) is 0.640. The third kappa shape index (κ3) is 4.38. The van der Waals surface area contributed by atoms with Crippen LogP contribution in [0.3, 0.4) is 0 Å². The molecule has 0 saturated carbocycles. The number of thioether (sulfide) groups is 1. The molecule has 2 bridgehead atoms. The monoisotopic (exact) mass is 413 g/mol. The second-order valence-electron chi connectivity index (χ2n) is 8.30. The minimum absolute atomic E-state index is 0.120. The lowest BCUT2D eigenvalue weighted by atomic mass is 9.83. The van der Waals surface area contributed by atoms with Crippen LogP contribution in [0.2, 0.25) is 0 Å². The zero-order valence-electron chi connectivity index (χ0n) is 17.2. The fourth-order valence-corrected chi connectivity index (χ4v) is 5.15. The Morgan fingerprint density at radius 2 is 2.07 bits per heavy atom. The van der Waals surface area contributed by atoms with Crippen LogP contribution in [0.25, 0.3) is 0 Å². The van der Waals surface area contributed by atoms with E-state index in [1.165, 1.54) is 11.8 Å². The molecule has 0 spiro atoms. The Hall–Kier alpha value is -2.19. The molecule has 0 unspecified atom stereocenters. The van der Waals surface area contributed by atoms with Crippen molar-refractivity contribution in [2.45, 2.75) is 37.5 Å². The van der Waals surface area contributed by atoms with E-state index in [0.717, 1.165) is 23.4 Å². The summed E-state index contributed by atoms with van der Waals surface area (Å²) in [5.41, 5.74) is 2.93. The molecule has 29 heavy (non-hydrogen) atoms.